The van der Waals surface area contributed by atoms with E-state index in [-0.39, 0.29) is 18.5 Å². The molecule has 0 fully saturated rings. The molecule has 1 atom stereocenters. The lowest BCUT2D eigenvalue weighted by molar-refractivity contribution is -0.134. The molecule has 3 aromatic carbocycles. The van der Waals surface area contributed by atoms with Gasteiger partial charge in [-0.25, -0.2) is 5.01 Å². The molecule has 6 nitrogen and oxygen atoms in total. The molecule has 182 valence electrons. The van der Waals surface area contributed by atoms with Gasteiger partial charge in [0.25, 0.3) is 5.91 Å². The van der Waals surface area contributed by atoms with Gasteiger partial charge in [-0.3, -0.25) is 9.69 Å². The van der Waals surface area contributed by atoms with Crippen LogP contribution in [0.5, 0.6) is 11.5 Å². The minimum absolute atomic E-state index is 0.0508. The minimum Gasteiger partial charge on any atom is -0.497 e. The number of rotatable bonds is 8. The Bertz CT molecular complexity index is 1220. The van der Waals surface area contributed by atoms with Gasteiger partial charge in [-0.1, -0.05) is 42.5 Å². The van der Waals surface area contributed by atoms with Gasteiger partial charge in [0.2, 0.25) is 0 Å². The third-order valence-corrected chi connectivity index (χ3v) is 6.51. The molecule has 0 bridgehead atoms. The number of amides is 1. The van der Waals surface area contributed by atoms with Crippen LogP contribution in [0.4, 0.5) is 0 Å². The summed E-state index contributed by atoms with van der Waals surface area (Å²) in [4.78, 5) is 15.6. The predicted octanol–water partition coefficient (Wildman–Crippen LogP) is 5.13. The van der Waals surface area contributed by atoms with E-state index in [9.17, 15) is 4.79 Å². The van der Waals surface area contributed by atoms with E-state index < -0.39 is 0 Å². The van der Waals surface area contributed by atoms with E-state index >= 15 is 0 Å². The van der Waals surface area contributed by atoms with Gasteiger partial charge in [-0.05, 0) is 61.3 Å². The molecule has 0 radical (unpaired) electrons. The van der Waals surface area contributed by atoms with Crippen LogP contribution in [0.25, 0.3) is 0 Å². The summed E-state index contributed by atoms with van der Waals surface area (Å²) in [5.41, 5.74) is 6.45. The Balaban J connectivity index is 1.64. The average Bonchev–Trinajstić information content (AvgIpc) is 3.31. The van der Waals surface area contributed by atoms with Crippen molar-refractivity contribution in [2.45, 2.75) is 32.9 Å². The highest BCUT2D eigenvalue weighted by Gasteiger charge is 2.35. The Kier molecular flexibility index (Phi) is 7.51. The van der Waals surface area contributed by atoms with Gasteiger partial charge in [0.1, 0.15) is 11.5 Å². The van der Waals surface area contributed by atoms with Crippen LogP contribution in [0.2, 0.25) is 0 Å². The Labute approximate surface area is 207 Å². The maximum atomic E-state index is 13.6. The third-order valence-electron chi connectivity index (χ3n) is 6.51. The fourth-order valence-corrected chi connectivity index (χ4v) is 4.43. The molecule has 3 aromatic rings. The molecule has 0 aromatic heterocycles. The van der Waals surface area contributed by atoms with E-state index in [1.807, 2.05) is 48.3 Å². The second-order valence-electron chi connectivity index (χ2n) is 9.07. The van der Waals surface area contributed by atoms with Crippen molar-refractivity contribution in [3.05, 3.63) is 94.5 Å². The van der Waals surface area contributed by atoms with Crippen LogP contribution in [0, 0.1) is 13.8 Å². The molecule has 0 unspecified atom stereocenters. The largest absolute Gasteiger partial charge is 0.497 e. The fourth-order valence-electron chi connectivity index (χ4n) is 4.43. The highest BCUT2D eigenvalue weighted by atomic mass is 16.5. The van der Waals surface area contributed by atoms with Gasteiger partial charge in [0.05, 0.1) is 32.5 Å². The highest BCUT2D eigenvalue weighted by Crippen LogP contribution is 2.39. The molecule has 4 rings (SSSR count). The van der Waals surface area contributed by atoms with E-state index in [1.165, 1.54) is 11.1 Å². The van der Waals surface area contributed by atoms with Crippen LogP contribution >= 0.6 is 0 Å². The maximum Gasteiger partial charge on any atom is 0.257 e. The number of hydrogen-bond donors (Lipinski definition) is 0. The van der Waals surface area contributed by atoms with Gasteiger partial charge in [-0.15, -0.1) is 0 Å². The third kappa shape index (κ3) is 5.54. The Hall–Kier alpha value is -3.64. The number of hydrazone groups is 1. The fraction of sp³-hybridized carbons (Fsp3) is 0.310. The molecule has 1 aliphatic rings. The van der Waals surface area contributed by atoms with Gasteiger partial charge < -0.3 is 9.47 Å². The van der Waals surface area contributed by atoms with Crippen molar-refractivity contribution >= 4 is 11.6 Å². The van der Waals surface area contributed by atoms with Crippen molar-refractivity contribution in [1.29, 1.82) is 0 Å². The highest BCUT2D eigenvalue weighted by molar-refractivity contribution is 6.03. The number of ether oxygens (including phenoxy) is 2. The zero-order valence-corrected chi connectivity index (χ0v) is 21.1. The first-order valence-electron chi connectivity index (χ1n) is 11.8. The molecule has 0 saturated carbocycles. The summed E-state index contributed by atoms with van der Waals surface area (Å²) in [7, 11) is 5.22. The molecule has 1 amide bonds. The minimum atomic E-state index is -0.259. The standard InChI is InChI=1S/C29H33N3O3/c1-20-11-12-23(15-21(20)2)26-17-27(25-14-13-24(34-4)16-28(25)35-5)32(30-26)29(33)19-31(3)18-22-9-7-6-8-10-22/h6-16,27H,17-19H2,1-5H3/t27-/m0/s1. The molecule has 6 heteroatoms. The molecule has 1 heterocycles. The van der Waals surface area contributed by atoms with Crippen molar-refractivity contribution in [3.63, 3.8) is 0 Å². The number of carbonyl (C=O) groups excluding carboxylic acids is 1. The normalized spacial score (nSPS) is 15.3. The van der Waals surface area contributed by atoms with Gasteiger partial charge in [-0.2, -0.15) is 5.10 Å². The van der Waals surface area contributed by atoms with Crippen LogP contribution in [-0.2, 0) is 11.3 Å². The first kappa shape index (κ1) is 24.5. The summed E-state index contributed by atoms with van der Waals surface area (Å²) in [6.45, 7) is 5.14. The topological polar surface area (TPSA) is 54.4 Å². The number of hydrogen-bond acceptors (Lipinski definition) is 5. The van der Waals surface area contributed by atoms with Crippen LogP contribution in [0.1, 0.15) is 40.3 Å². The van der Waals surface area contributed by atoms with Gasteiger partial charge in [0.15, 0.2) is 0 Å². The first-order valence-corrected chi connectivity index (χ1v) is 11.8. The average molecular weight is 472 g/mol. The van der Waals surface area contributed by atoms with Crippen molar-refractivity contribution in [3.8, 4) is 11.5 Å². The van der Waals surface area contributed by atoms with Gasteiger partial charge >= 0.3 is 0 Å². The second-order valence-corrected chi connectivity index (χ2v) is 9.07. The van der Waals surface area contributed by atoms with Crippen molar-refractivity contribution in [1.82, 2.24) is 9.91 Å². The first-order chi connectivity index (χ1) is 16.9. The lowest BCUT2D eigenvalue weighted by Crippen LogP contribution is -2.36. The monoisotopic (exact) mass is 471 g/mol. The molecule has 1 aliphatic heterocycles. The maximum absolute atomic E-state index is 13.6. The smallest absolute Gasteiger partial charge is 0.257 e. The van der Waals surface area contributed by atoms with E-state index in [4.69, 9.17) is 14.6 Å². The summed E-state index contributed by atoms with van der Waals surface area (Å²) in [6, 6.07) is 21.9. The Morgan fingerprint density at radius 3 is 2.46 bits per heavy atom. The van der Waals surface area contributed by atoms with Crippen LogP contribution in [0.15, 0.2) is 71.8 Å². The summed E-state index contributed by atoms with van der Waals surface area (Å²) in [6.07, 6.45) is 0.610. The predicted molar refractivity (Wildman–Crippen MR) is 139 cm³/mol. The Morgan fingerprint density at radius 2 is 1.77 bits per heavy atom. The Morgan fingerprint density at radius 1 is 1.00 bits per heavy atom. The van der Waals surface area contributed by atoms with Crippen molar-refractivity contribution in [2.24, 2.45) is 5.10 Å². The van der Waals surface area contributed by atoms with E-state index in [1.54, 1.807) is 19.2 Å². The zero-order chi connectivity index (χ0) is 24.9. The molecular formula is C29H33N3O3. The van der Waals surface area contributed by atoms with Crippen LogP contribution in [-0.4, -0.2) is 49.3 Å². The van der Waals surface area contributed by atoms with E-state index in [2.05, 4.69) is 44.2 Å². The zero-order valence-electron chi connectivity index (χ0n) is 21.1. The summed E-state index contributed by atoms with van der Waals surface area (Å²) < 4.78 is 11.1. The van der Waals surface area contributed by atoms with Gasteiger partial charge in [0, 0.05) is 24.6 Å². The van der Waals surface area contributed by atoms with E-state index in [0.717, 1.165) is 22.4 Å². The number of nitrogens with zero attached hydrogens (tertiary/aromatic N) is 3. The molecule has 0 saturated heterocycles. The van der Waals surface area contributed by atoms with E-state index in [0.29, 0.717) is 24.5 Å². The second kappa shape index (κ2) is 10.7. The molecular weight excluding hydrogens is 438 g/mol. The number of likely N-dealkylation sites (N-methyl/N-ethyl adjacent to an activating group) is 1. The quantitative estimate of drug-likeness (QED) is 0.457. The number of aryl methyl sites for hydroxylation is 2. The van der Waals surface area contributed by atoms with Crippen LogP contribution < -0.4 is 9.47 Å². The molecule has 35 heavy (non-hydrogen) atoms. The summed E-state index contributed by atoms with van der Waals surface area (Å²) in [5, 5.41) is 6.49. The number of methoxy groups -OCH3 is 2. The molecule has 0 aliphatic carbocycles. The summed E-state index contributed by atoms with van der Waals surface area (Å²) >= 11 is 0. The van der Waals surface area contributed by atoms with Crippen molar-refractivity contribution < 1.29 is 14.3 Å². The lowest BCUT2D eigenvalue weighted by Gasteiger charge is -2.26. The number of benzene rings is 3. The molecule has 0 spiro atoms. The molecule has 0 N–H and O–H groups in total. The van der Waals surface area contributed by atoms with Crippen LogP contribution in [0.3, 0.4) is 0 Å². The SMILES string of the molecule is COc1ccc([C@@H]2CC(c3ccc(C)c(C)c3)=NN2C(=O)CN(C)Cc2ccccc2)c(OC)c1. The van der Waals surface area contributed by atoms with Crippen molar-refractivity contribution in [2.75, 3.05) is 27.8 Å². The summed E-state index contributed by atoms with van der Waals surface area (Å²) in [5.74, 6) is 1.34. The number of carbonyl (C=O) groups is 1. The lowest BCUT2D eigenvalue weighted by atomic mass is 9.96.